The van der Waals surface area contributed by atoms with Crippen molar-refractivity contribution in [2.45, 2.75) is 17.3 Å². The number of thioether (sulfide) groups is 1. The number of amides is 1. The summed E-state index contributed by atoms with van der Waals surface area (Å²) in [6.07, 6.45) is 0. The molecule has 0 fully saturated rings. The highest BCUT2D eigenvalue weighted by molar-refractivity contribution is 8.00. The number of anilines is 1. The molecule has 1 amide bonds. The summed E-state index contributed by atoms with van der Waals surface area (Å²) in [5, 5.41) is 22.1. The van der Waals surface area contributed by atoms with E-state index in [0.29, 0.717) is 22.2 Å². The number of nitro benzene ring substituents is 1. The molecule has 1 N–H and O–H groups in total. The molecule has 3 aromatic carbocycles. The largest absolute Gasteiger partial charge is 0.325 e. The monoisotopic (exact) mass is 463 g/mol. The van der Waals surface area contributed by atoms with E-state index in [9.17, 15) is 19.3 Å². The van der Waals surface area contributed by atoms with Crippen LogP contribution in [0.1, 0.15) is 6.92 Å². The van der Waals surface area contributed by atoms with Gasteiger partial charge in [0.15, 0.2) is 11.0 Å². The number of carbonyl (C=O) groups excluding carboxylic acids is 1. The van der Waals surface area contributed by atoms with E-state index in [0.717, 1.165) is 5.69 Å². The highest BCUT2D eigenvalue weighted by Gasteiger charge is 2.22. The second-order valence-electron chi connectivity index (χ2n) is 7.04. The van der Waals surface area contributed by atoms with Crippen LogP contribution in [0.25, 0.3) is 17.1 Å². The van der Waals surface area contributed by atoms with Gasteiger partial charge in [-0.3, -0.25) is 19.5 Å². The zero-order chi connectivity index (χ0) is 23.4. The molecule has 1 unspecified atom stereocenters. The highest BCUT2D eigenvalue weighted by atomic mass is 32.2. The number of nitrogens with one attached hydrogen (secondary N) is 1. The SMILES string of the molecule is CC(Sc1nnc(-c2ccc(F)cc2)n1-c1ccccc1)C(=O)Nc1ccc([N+](=O)[O-])cc1. The average molecular weight is 463 g/mol. The lowest BCUT2D eigenvalue weighted by molar-refractivity contribution is -0.384. The van der Waals surface area contributed by atoms with Crippen LogP contribution in [-0.2, 0) is 4.79 Å². The van der Waals surface area contributed by atoms with Crippen LogP contribution in [-0.4, -0.2) is 30.8 Å². The van der Waals surface area contributed by atoms with E-state index in [1.807, 2.05) is 34.9 Å². The molecule has 0 saturated carbocycles. The summed E-state index contributed by atoms with van der Waals surface area (Å²) in [5.41, 5.74) is 1.88. The van der Waals surface area contributed by atoms with E-state index < -0.39 is 10.2 Å². The van der Waals surface area contributed by atoms with Gasteiger partial charge in [0.1, 0.15) is 5.82 Å². The van der Waals surface area contributed by atoms with Gasteiger partial charge >= 0.3 is 0 Å². The van der Waals surface area contributed by atoms with E-state index in [-0.39, 0.29) is 17.4 Å². The number of halogens is 1. The predicted molar refractivity (Wildman–Crippen MR) is 124 cm³/mol. The van der Waals surface area contributed by atoms with Gasteiger partial charge in [-0.05, 0) is 55.5 Å². The number of nitro groups is 1. The lowest BCUT2D eigenvalue weighted by Crippen LogP contribution is -2.22. The molecule has 10 heteroatoms. The maximum atomic E-state index is 13.4. The number of aromatic nitrogens is 3. The first-order valence-corrected chi connectivity index (χ1v) is 10.8. The third kappa shape index (κ3) is 5.07. The second kappa shape index (κ2) is 9.61. The van der Waals surface area contributed by atoms with Crippen molar-refractivity contribution in [2.24, 2.45) is 0 Å². The Morgan fingerprint density at radius 1 is 1.03 bits per heavy atom. The van der Waals surface area contributed by atoms with Crippen molar-refractivity contribution in [2.75, 3.05) is 5.32 Å². The molecule has 1 atom stereocenters. The van der Waals surface area contributed by atoms with Gasteiger partial charge in [-0.1, -0.05) is 30.0 Å². The Morgan fingerprint density at radius 2 is 1.70 bits per heavy atom. The van der Waals surface area contributed by atoms with Gasteiger partial charge in [0.25, 0.3) is 5.69 Å². The number of carbonyl (C=O) groups is 1. The van der Waals surface area contributed by atoms with Crippen molar-refractivity contribution in [3.63, 3.8) is 0 Å². The first-order valence-electron chi connectivity index (χ1n) is 9.91. The zero-order valence-corrected chi connectivity index (χ0v) is 18.2. The molecule has 1 aromatic heterocycles. The fourth-order valence-electron chi connectivity index (χ4n) is 3.06. The molecule has 0 radical (unpaired) electrons. The van der Waals surface area contributed by atoms with Crippen LogP contribution in [0.15, 0.2) is 84.0 Å². The van der Waals surface area contributed by atoms with Gasteiger partial charge in [0.05, 0.1) is 10.2 Å². The van der Waals surface area contributed by atoms with E-state index >= 15 is 0 Å². The van der Waals surface area contributed by atoms with Crippen LogP contribution in [0.5, 0.6) is 0 Å². The standard InChI is InChI=1S/C23H18FN5O3S/c1-15(22(30)25-18-11-13-20(14-12-18)29(31)32)33-23-27-26-21(16-7-9-17(24)10-8-16)28(23)19-5-3-2-4-6-19/h2-15H,1H3,(H,25,30). The molecule has 0 saturated heterocycles. The number of hydrogen-bond acceptors (Lipinski definition) is 6. The van der Waals surface area contributed by atoms with Crippen molar-refractivity contribution in [1.29, 1.82) is 0 Å². The van der Waals surface area contributed by atoms with E-state index in [4.69, 9.17) is 0 Å². The molecule has 0 bridgehead atoms. The molecule has 8 nitrogen and oxygen atoms in total. The Kier molecular flexibility index (Phi) is 6.45. The van der Waals surface area contributed by atoms with Crippen LogP contribution < -0.4 is 5.32 Å². The molecule has 0 aliphatic rings. The molecule has 0 aliphatic carbocycles. The van der Waals surface area contributed by atoms with Crippen LogP contribution in [0, 0.1) is 15.9 Å². The van der Waals surface area contributed by atoms with Crippen LogP contribution in [0.3, 0.4) is 0 Å². The summed E-state index contributed by atoms with van der Waals surface area (Å²) in [6.45, 7) is 1.73. The Hall–Kier alpha value is -4.05. The van der Waals surface area contributed by atoms with Crippen molar-refractivity contribution >= 4 is 29.0 Å². The van der Waals surface area contributed by atoms with Gasteiger partial charge in [0.2, 0.25) is 5.91 Å². The average Bonchev–Trinajstić information content (AvgIpc) is 3.23. The molecule has 4 rings (SSSR count). The summed E-state index contributed by atoms with van der Waals surface area (Å²) < 4.78 is 15.2. The van der Waals surface area contributed by atoms with Crippen LogP contribution in [0.4, 0.5) is 15.8 Å². The molecule has 0 aliphatic heterocycles. The Labute approximate surface area is 192 Å². The first kappa shape index (κ1) is 22.2. The van der Waals surface area contributed by atoms with E-state index in [1.165, 1.54) is 48.2 Å². The summed E-state index contributed by atoms with van der Waals surface area (Å²) in [4.78, 5) is 23.0. The van der Waals surface area contributed by atoms with Gasteiger partial charge in [-0.15, -0.1) is 10.2 Å². The molecular formula is C23H18FN5O3S. The van der Waals surface area contributed by atoms with Crippen molar-refractivity contribution in [3.05, 3.63) is 94.8 Å². The third-order valence-electron chi connectivity index (χ3n) is 4.75. The molecule has 33 heavy (non-hydrogen) atoms. The molecule has 1 heterocycles. The van der Waals surface area contributed by atoms with Gasteiger partial charge in [0, 0.05) is 29.1 Å². The van der Waals surface area contributed by atoms with Crippen molar-refractivity contribution < 1.29 is 14.1 Å². The number of benzene rings is 3. The molecule has 0 spiro atoms. The maximum absolute atomic E-state index is 13.4. The second-order valence-corrected chi connectivity index (χ2v) is 8.35. The smallest absolute Gasteiger partial charge is 0.269 e. The number of non-ortho nitro benzene ring substituents is 1. The normalized spacial score (nSPS) is 11.7. The summed E-state index contributed by atoms with van der Waals surface area (Å²) in [6, 6.07) is 21.0. The predicted octanol–water partition coefficient (Wildman–Crippen LogP) is 5.10. The summed E-state index contributed by atoms with van der Waals surface area (Å²) >= 11 is 1.21. The quantitative estimate of drug-likeness (QED) is 0.232. The topological polar surface area (TPSA) is 103 Å². The van der Waals surface area contributed by atoms with E-state index in [2.05, 4.69) is 15.5 Å². The Balaban J connectivity index is 1.58. The lowest BCUT2D eigenvalue weighted by Gasteiger charge is -2.14. The van der Waals surface area contributed by atoms with Gasteiger partial charge in [-0.25, -0.2) is 4.39 Å². The minimum absolute atomic E-state index is 0.0558. The first-order chi connectivity index (χ1) is 15.9. The number of rotatable bonds is 7. The van der Waals surface area contributed by atoms with Gasteiger partial charge in [-0.2, -0.15) is 0 Å². The summed E-state index contributed by atoms with van der Waals surface area (Å²) in [5.74, 6) is -0.123. The maximum Gasteiger partial charge on any atom is 0.269 e. The zero-order valence-electron chi connectivity index (χ0n) is 17.4. The number of nitrogens with zero attached hydrogens (tertiary/aromatic N) is 4. The number of hydrogen-bond donors (Lipinski definition) is 1. The van der Waals surface area contributed by atoms with Crippen LogP contribution >= 0.6 is 11.8 Å². The molecule has 4 aromatic rings. The third-order valence-corrected chi connectivity index (χ3v) is 5.79. The minimum atomic E-state index is -0.548. The van der Waals surface area contributed by atoms with Crippen LogP contribution in [0.2, 0.25) is 0 Å². The van der Waals surface area contributed by atoms with Gasteiger partial charge < -0.3 is 5.32 Å². The Bertz CT molecular complexity index is 1280. The highest BCUT2D eigenvalue weighted by Crippen LogP contribution is 2.30. The molecular weight excluding hydrogens is 445 g/mol. The minimum Gasteiger partial charge on any atom is -0.325 e. The summed E-state index contributed by atoms with van der Waals surface area (Å²) in [7, 11) is 0. The number of para-hydroxylation sites is 1. The fourth-order valence-corrected chi connectivity index (χ4v) is 3.93. The van der Waals surface area contributed by atoms with Crippen molar-refractivity contribution in [1.82, 2.24) is 14.8 Å². The Morgan fingerprint density at radius 3 is 2.33 bits per heavy atom. The lowest BCUT2D eigenvalue weighted by atomic mass is 10.2. The van der Waals surface area contributed by atoms with Crippen molar-refractivity contribution in [3.8, 4) is 17.1 Å². The fraction of sp³-hybridized carbons (Fsp3) is 0.0870. The van der Waals surface area contributed by atoms with E-state index in [1.54, 1.807) is 19.1 Å². The molecule has 166 valence electrons.